The first-order chi connectivity index (χ1) is 6.68. The lowest BCUT2D eigenvalue weighted by molar-refractivity contribution is 0.627. The molecule has 0 aliphatic heterocycles. The van der Waals surface area contributed by atoms with E-state index < -0.39 is 0 Å². The van der Waals surface area contributed by atoms with Crippen LogP contribution in [0.3, 0.4) is 0 Å². The van der Waals surface area contributed by atoms with Gasteiger partial charge in [0, 0.05) is 5.69 Å². The summed E-state index contributed by atoms with van der Waals surface area (Å²) in [6.45, 7) is 0. The molecule has 14 heavy (non-hydrogen) atoms. The maximum atomic E-state index is 12.7. The average Bonchev–Trinajstić information content (AvgIpc) is 2.49. The minimum Gasteiger partial charge on any atom is -0.278 e. The molecule has 0 aliphatic carbocycles. The van der Waals surface area contributed by atoms with Gasteiger partial charge in [0.05, 0.1) is 6.20 Å². The van der Waals surface area contributed by atoms with Crippen LogP contribution in [0.5, 0.6) is 0 Å². The van der Waals surface area contributed by atoms with Crippen molar-refractivity contribution in [3.63, 3.8) is 0 Å². The highest BCUT2D eigenvalue weighted by atomic mass is 79.9. The number of aromatic nitrogens is 2. The number of hydrogen-bond donors (Lipinski definition) is 0. The van der Waals surface area contributed by atoms with E-state index in [1.165, 1.54) is 18.3 Å². The molecule has 0 atom stereocenters. The number of hydrogen-bond acceptors (Lipinski definition) is 1. The van der Waals surface area contributed by atoms with Gasteiger partial charge >= 0.3 is 0 Å². The Kier molecular flexibility index (Phi) is 2.56. The molecule has 0 amide bonds. The first-order valence-electron chi connectivity index (χ1n) is 3.83. The third kappa shape index (κ3) is 1.67. The van der Waals surface area contributed by atoms with Crippen molar-refractivity contribution in [2.45, 2.75) is 0 Å². The zero-order valence-electron chi connectivity index (χ0n) is 6.92. The van der Waals surface area contributed by atoms with Crippen molar-refractivity contribution < 1.29 is 4.39 Å². The summed E-state index contributed by atoms with van der Waals surface area (Å²) in [5.41, 5.74) is 0.765. The van der Waals surface area contributed by atoms with Gasteiger partial charge in [0.2, 0.25) is 0 Å². The summed E-state index contributed by atoms with van der Waals surface area (Å²) in [6, 6.07) is 6.01. The molecule has 0 saturated carbocycles. The summed E-state index contributed by atoms with van der Waals surface area (Å²) in [7, 11) is 0. The Morgan fingerprint density at radius 1 is 1.29 bits per heavy atom. The van der Waals surface area contributed by atoms with Crippen LogP contribution in [0, 0.1) is 5.82 Å². The number of nitrogens with zero attached hydrogens (tertiary/aromatic N) is 2. The molecule has 0 fully saturated rings. The zero-order valence-corrected chi connectivity index (χ0v) is 9.26. The molecule has 0 radical (unpaired) electrons. The van der Waals surface area contributed by atoms with Gasteiger partial charge in [-0.25, -0.2) is 9.37 Å². The molecule has 0 unspecified atom stereocenters. The molecular formula is C9H5BrClFN2. The topological polar surface area (TPSA) is 17.8 Å². The van der Waals surface area contributed by atoms with Crippen LogP contribution in [-0.4, -0.2) is 9.55 Å². The number of imidazole rings is 1. The monoisotopic (exact) mass is 274 g/mol. The van der Waals surface area contributed by atoms with Gasteiger partial charge in [0.25, 0.3) is 0 Å². The summed E-state index contributed by atoms with van der Waals surface area (Å²) in [5.74, 6) is -0.277. The standard InChI is InChI=1S/C9H5BrClFN2/c10-9-13-5-8(11)14(9)7-3-1-6(12)2-4-7/h1-5H. The summed E-state index contributed by atoms with van der Waals surface area (Å²) in [5, 5.41) is 0.475. The summed E-state index contributed by atoms with van der Waals surface area (Å²) >= 11 is 9.14. The largest absolute Gasteiger partial charge is 0.278 e. The van der Waals surface area contributed by atoms with Crippen molar-refractivity contribution in [3.8, 4) is 5.69 Å². The third-order valence-corrected chi connectivity index (χ3v) is 2.59. The Morgan fingerprint density at radius 3 is 2.43 bits per heavy atom. The fourth-order valence-electron chi connectivity index (χ4n) is 1.13. The van der Waals surface area contributed by atoms with E-state index in [1.807, 2.05) is 0 Å². The fourth-order valence-corrected chi connectivity index (χ4v) is 1.96. The molecule has 0 bridgehead atoms. The molecule has 0 aliphatic rings. The van der Waals surface area contributed by atoms with Crippen LogP contribution in [0.15, 0.2) is 35.2 Å². The van der Waals surface area contributed by atoms with Gasteiger partial charge in [0.1, 0.15) is 11.0 Å². The van der Waals surface area contributed by atoms with E-state index in [1.54, 1.807) is 16.7 Å². The minimum absolute atomic E-state index is 0.277. The van der Waals surface area contributed by atoms with Gasteiger partial charge in [-0.15, -0.1) is 0 Å². The summed E-state index contributed by atoms with van der Waals surface area (Å²) in [6.07, 6.45) is 1.52. The summed E-state index contributed by atoms with van der Waals surface area (Å²) < 4.78 is 14.9. The first-order valence-corrected chi connectivity index (χ1v) is 5.00. The van der Waals surface area contributed by atoms with Crippen molar-refractivity contribution in [1.82, 2.24) is 9.55 Å². The first kappa shape index (κ1) is 9.68. The molecule has 2 aromatic rings. The Balaban J connectivity index is 2.54. The zero-order chi connectivity index (χ0) is 10.1. The van der Waals surface area contributed by atoms with Crippen LogP contribution in [0.4, 0.5) is 4.39 Å². The number of benzene rings is 1. The molecular weight excluding hydrogens is 270 g/mol. The SMILES string of the molecule is Fc1ccc(-n2c(Cl)cnc2Br)cc1. The van der Waals surface area contributed by atoms with Crippen molar-refractivity contribution >= 4 is 27.5 Å². The second kappa shape index (κ2) is 3.71. The smallest absolute Gasteiger partial charge is 0.182 e. The molecule has 72 valence electrons. The van der Waals surface area contributed by atoms with Crippen LogP contribution in [0.25, 0.3) is 5.69 Å². The lowest BCUT2D eigenvalue weighted by Crippen LogP contribution is -1.94. The fraction of sp³-hybridized carbons (Fsp3) is 0. The van der Waals surface area contributed by atoms with Gasteiger partial charge in [-0.1, -0.05) is 11.6 Å². The Hall–Kier alpha value is -0.870. The average molecular weight is 276 g/mol. The van der Waals surface area contributed by atoms with E-state index in [9.17, 15) is 4.39 Å². The molecule has 5 heteroatoms. The predicted octanol–water partition coefficient (Wildman–Crippen LogP) is 3.43. The Bertz CT molecular complexity index is 433. The molecule has 2 nitrogen and oxygen atoms in total. The quantitative estimate of drug-likeness (QED) is 0.780. The lowest BCUT2D eigenvalue weighted by atomic mass is 10.3. The highest BCUT2D eigenvalue weighted by molar-refractivity contribution is 9.10. The van der Waals surface area contributed by atoms with Crippen molar-refractivity contribution in [1.29, 1.82) is 0 Å². The van der Waals surface area contributed by atoms with Crippen molar-refractivity contribution in [3.05, 3.63) is 46.2 Å². The molecule has 1 aromatic carbocycles. The van der Waals surface area contributed by atoms with E-state index in [0.717, 1.165) is 5.69 Å². The molecule has 0 spiro atoms. The maximum Gasteiger partial charge on any atom is 0.182 e. The lowest BCUT2D eigenvalue weighted by Gasteiger charge is -2.04. The molecule has 1 heterocycles. The molecule has 0 saturated heterocycles. The predicted molar refractivity (Wildman–Crippen MR) is 56.2 cm³/mol. The second-order valence-electron chi connectivity index (χ2n) is 2.66. The Labute approximate surface area is 93.5 Å². The van der Waals surface area contributed by atoms with Crippen LogP contribution in [0.2, 0.25) is 5.15 Å². The van der Waals surface area contributed by atoms with Gasteiger partial charge in [-0.05, 0) is 40.2 Å². The number of halogens is 3. The summed E-state index contributed by atoms with van der Waals surface area (Å²) in [4.78, 5) is 3.97. The van der Waals surface area contributed by atoms with Gasteiger partial charge in [0.15, 0.2) is 4.73 Å². The van der Waals surface area contributed by atoms with E-state index in [2.05, 4.69) is 20.9 Å². The van der Waals surface area contributed by atoms with Crippen LogP contribution >= 0.6 is 27.5 Å². The van der Waals surface area contributed by atoms with E-state index >= 15 is 0 Å². The molecule has 0 N–H and O–H groups in total. The Morgan fingerprint density at radius 2 is 1.93 bits per heavy atom. The highest BCUT2D eigenvalue weighted by Crippen LogP contribution is 2.22. The van der Waals surface area contributed by atoms with Crippen LogP contribution in [-0.2, 0) is 0 Å². The highest BCUT2D eigenvalue weighted by Gasteiger charge is 2.07. The van der Waals surface area contributed by atoms with E-state index in [0.29, 0.717) is 9.89 Å². The number of rotatable bonds is 1. The van der Waals surface area contributed by atoms with Crippen molar-refractivity contribution in [2.75, 3.05) is 0 Å². The molecule has 2 rings (SSSR count). The van der Waals surface area contributed by atoms with Crippen molar-refractivity contribution in [2.24, 2.45) is 0 Å². The maximum absolute atomic E-state index is 12.7. The minimum atomic E-state index is -0.277. The van der Waals surface area contributed by atoms with Gasteiger partial charge in [-0.2, -0.15) is 0 Å². The second-order valence-corrected chi connectivity index (χ2v) is 3.76. The van der Waals surface area contributed by atoms with E-state index in [-0.39, 0.29) is 5.82 Å². The van der Waals surface area contributed by atoms with Crippen LogP contribution in [0.1, 0.15) is 0 Å². The third-order valence-electron chi connectivity index (χ3n) is 1.76. The van der Waals surface area contributed by atoms with Gasteiger partial charge < -0.3 is 0 Å². The van der Waals surface area contributed by atoms with Crippen LogP contribution < -0.4 is 0 Å². The van der Waals surface area contributed by atoms with Gasteiger partial charge in [-0.3, -0.25) is 4.57 Å². The van der Waals surface area contributed by atoms with E-state index in [4.69, 9.17) is 11.6 Å². The molecule has 1 aromatic heterocycles. The normalized spacial score (nSPS) is 10.5.